The third kappa shape index (κ3) is 3.06. The summed E-state index contributed by atoms with van der Waals surface area (Å²) in [6, 6.07) is 5.42. The van der Waals surface area contributed by atoms with E-state index in [4.69, 9.17) is 0 Å². The minimum Gasteiger partial charge on any atom is -0.330 e. The lowest BCUT2D eigenvalue weighted by Gasteiger charge is -2.26. The summed E-state index contributed by atoms with van der Waals surface area (Å²) in [6.07, 6.45) is 4.53. The predicted molar refractivity (Wildman–Crippen MR) is 80.2 cm³/mol. The van der Waals surface area contributed by atoms with Crippen LogP contribution in [0.4, 0.5) is 10.1 Å². The van der Waals surface area contributed by atoms with Crippen LogP contribution in [0.1, 0.15) is 0 Å². The third-order valence-corrected chi connectivity index (χ3v) is 4.35. The molecule has 114 valence electrons. The Bertz CT molecular complexity index is 810. The molecule has 0 radical (unpaired) electrons. The van der Waals surface area contributed by atoms with Crippen molar-refractivity contribution in [1.29, 1.82) is 0 Å². The van der Waals surface area contributed by atoms with E-state index in [1.807, 2.05) is 0 Å². The van der Waals surface area contributed by atoms with E-state index in [1.165, 1.54) is 36.4 Å². The van der Waals surface area contributed by atoms with E-state index < -0.39 is 10.0 Å². The number of rotatable bonds is 2. The number of amidine groups is 1. The maximum atomic E-state index is 12.8. The monoisotopic (exact) mass is 321 g/mol. The Hall–Kier alpha value is -2.48. The summed E-state index contributed by atoms with van der Waals surface area (Å²) in [5, 5.41) is 2.64. The Morgan fingerprint density at radius 2 is 1.95 bits per heavy atom. The molecule has 22 heavy (non-hydrogen) atoms. The number of nitrogens with one attached hydrogen (secondary N) is 1. The van der Waals surface area contributed by atoms with Crippen LogP contribution in [0.25, 0.3) is 0 Å². The summed E-state index contributed by atoms with van der Waals surface area (Å²) in [6.45, 7) is 0.249. The molecule has 0 atom stereocenters. The number of carbonyl (C=O) groups excluding carboxylic acids is 1. The zero-order valence-corrected chi connectivity index (χ0v) is 12.2. The molecule has 6 nitrogen and oxygen atoms in total. The van der Waals surface area contributed by atoms with Crippen molar-refractivity contribution in [2.75, 3.05) is 17.6 Å². The second-order valence-corrected chi connectivity index (χ2v) is 6.56. The van der Waals surface area contributed by atoms with Gasteiger partial charge in [0.25, 0.3) is 15.9 Å². The van der Waals surface area contributed by atoms with E-state index in [0.717, 1.165) is 0 Å². The van der Waals surface area contributed by atoms with Gasteiger partial charge in [-0.1, -0.05) is 0 Å². The van der Waals surface area contributed by atoms with Crippen molar-refractivity contribution in [3.05, 3.63) is 54.0 Å². The summed E-state index contributed by atoms with van der Waals surface area (Å²) in [7, 11) is -3.41. The van der Waals surface area contributed by atoms with Crippen LogP contribution in [0, 0.1) is 5.82 Å². The molecule has 3 rings (SSSR count). The quantitative estimate of drug-likeness (QED) is 0.889. The minimum atomic E-state index is -3.41. The molecule has 0 bridgehead atoms. The second kappa shape index (κ2) is 5.38. The highest BCUT2D eigenvalue weighted by Gasteiger charge is 2.24. The number of hydrogen-bond donors (Lipinski definition) is 1. The maximum Gasteiger partial charge on any atom is 0.257 e. The van der Waals surface area contributed by atoms with Gasteiger partial charge in [-0.2, -0.15) is 0 Å². The van der Waals surface area contributed by atoms with Gasteiger partial charge in [-0.05, 0) is 36.4 Å². The molecule has 2 aliphatic rings. The summed E-state index contributed by atoms with van der Waals surface area (Å²) in [5.74, 6) is -0.543. The molecule has 1 aromatic rings. The molecule has 0 unspecified atom stereocenters. The Labute approximate surface area is 126 Å². The van der Waals surface area contributed by atoms with Crippen LogP contribution in [0.2, 0.25) is 0 Å². The smallest absolute Gasteiger partial charge is 0.257 e. The van der Waals surface area contributed by atoms with Crippen LogP contribution in [0.3, 0.4) is 0 Å². The summed E-state index contributed by atoms with van der Waals surface area (Å²) in [4.78, 5) is 13.8. The Morgan fingerprint density at radius 1 is 1.23 bits per heavy atom. The zero-order chi connectivity index (χ0) is 15.7. The average Bonchev–Trinajstić information content (AvgIpc) is 2.48. The lowest BCUT2D eigenvalue weighted by Crippen LogP contribution is -2.37. The molecule has 0 aliphatic carbocycles. The maximum absolute atomic E-state index is 12.8. The van der Waals surface area contributed by atoms with Gasteiger partial charge >= 0.3 is 0 Å². The van der Waals surface area contributed by atoms with Gasteiger partial charge in [0.15, 0.2) is 0 Å². The van der Waals surface area contributed by atoms with Crippen LogP contribution in [-0.2, 0) is 14.8 Å². The number of amides is 1. The second-order valence-electron chi connectivity index (χ2n) is 4.81. The van der Waals surface area contributed by atoms with Gasteiger partial charge in [0.05, 0.1) is 11.3 Å². The fraction of sp³-hybridized carbons (Fsp3) is 0.143. The summed E-state index contributed by atoms with van der Waals surface area (Å²) < 4.78 is 39.3. The first-order chi connectivity index (χ1) is 10.4. The molecule has 0 saturated carbocycles. The van der Waals surface area contributed by atoms with Gasteiger partial charge < -0.3 is 10.2 Å². The predicted octanol–water partition coefficient (Wildman–Crippen LogP) is 1.26. The highest BCUT2D eigenvalue weighted by atomic mass is 32.2. The minimum absolute atomic E-state index is 0.0896. The SMILES string of the molecule is O=C(Nc1ccc(F)cc1)C1=CN2CCS(=O)(=O)N=C2C=C1. The van der Waals surface area contributed by atoms with Gasteiger partial charge in [0.1, 0.15) is 11.7 Å². The number of halogens is 1. The molecule has 0 fully saturated rings. The Balaban J connectivity index is 1.77. The molecule has 8 heteroatoms. The molecule has 1 aromatic carbocycles. The number of nitrogens with zero attached hydrogens (tertiary/aromatic N) is 2. The summed E-state index contributed by atoms with van der Waals surface area (Å²) >= 11 is 0. The number of anilines is 1. The third-order valence-electron chi connectivity index (χ3n) is 3.19. The van der Waals surface area contributed by atoms with E-state index in [0.29, 0.717) is 17.1 Å². The largest absolute Gasteiger partial charge is 0.330 e. The molecule has 2 heterocycles. The van der Waals surface area contributed by atoms with Gasteiger partial charge in [-0.3, -0.25) is 4.79 Å². The van der Waals surface area contributed by atoms with Gasteiger partial charge in [0.2, 0.25) is 0 Å². The zero-order valence-electron chi connectivity index (χ0n) is 11.4. The van der Waals surface area contributed by atoms with Gasteiger partial charge in [0, 0.05) is 18.4 Å². The number of benzene rings is 1. The average molecular weight is 321 g/mol. The van der Waals surface area contributed by atoms with Crippen molar-refractivity contribution in [2.45, 2.75) is 0 Å². The first kappa shape index (κ1) is 14.5. The van der Waals surface area contributed by atoms with Crippen molar-refractivity contribution in [2.24, 2.45) is 4.40 Å². The van der Waals surface area contributed by atoms with Crippen molar-refractivity contribution >= 4 is 27.5 Å². The normalized spacial score (nSPS) is 19.0. The highest BCUT2D eigenvalue weighted by Crippen LogP contribution is 2.17. The molecule has 0 aromatic heterocycles. The van der Waals surface area contributed by atoms with Crippen LogP contribution in [0.5, 0.6) is 0 Å². The molecule has 2 aliphatic heterocycles. The Kier molecular flexibility index (Phi) is 3.53. The molecular weight excluding hydrogens is 309 g/mol. The van der Waals surface area contributed by atoms with E-state index in [9.17, 15) is 17.6 Å². The van der Waals surface area contributed by atoms with Crippen LogP contribution >= 0.6 is 0 Å². The van der Waals surface area contributed by atoms with Crippen LogP contribution < -0.4 is 5.32 Å². The van der Waals surface area contributed by atoms with Crippen LogP contribution in [0.15, 0.2) is 52.6 Å². The van der Waals surface area contributed by atoms with Crippen molar-refractivity contribution in [3.63, 3.8) is 0 Å². The summed E-state index contributed by atoms with van der Waals surface area (Å²) in [5.41, 5.74) is 0.837. The number of sulfonamides is 1. The number of fused-ring (bicyclic) bond motifs is 1. The molecule has 1 N–H and O–H groups in total. The Morgan fingerprint density at radius 3 is 2.68 bits per heavy atom. The molecule has 0 spiro atoms. The molecule has 0 saturated heterocycles. The first-order valence-electron chi connectivity index (χ1n) is 6.49. The highest BCUT2D eigenvalue weighted by molar-refractivity contribution is 7.90. The van der Waals surface area contributed by atoms with Gasteiger partial charge in [-0.15, -0.1) is 4.40 Å². The lowest BCUT2D eigenvalue weighted by molar-refractivity contribution is -0.112. The van der Waals surface area contributed by atoms with Crippen molar-refractivity contribution < 1.29 is 17.6 Å². The van der Waals surface area contributed by atoms with E-state index in [1.54, 1.807) is 11.1 Å². The number of carbonyl (C=O) groups is 1. The fourth-order valence-electron chi connectivity index (χ4n) is 2.07. The van der Waals surface area contributed by atoms with Crippen LogP contribution in [-0.4, -0.2) is 37.4 Å². The first-order valence-corrected chi connectivity index (χ1v) is 8.10. The van der Waals surface area contributed by atoms with Crippen molar-refractivity contribution in [1.82, 2.24) is 4.90 Å². The molecule has 1 amide bonds. The lowest BCUT2D eigenvalue weighted by atomic mass is 10.1. The molecular formula is C14H12FN3O3S. The standard InChI is InChI=1S/C14H12FN3O3S/c15-11-2-4-12(5-3-11)16-14(19)10-1-6-13-17-22(20,21)8-7-18(13)9-10/h1-6,9H,7-8H2,(H,16,19). The van der Waals surface area contributed by atoms with Crippen molar-refractivity contribution in [3.8, 4) is 0 Å². The van der Waals surface area contributed by atoms with E-state index in [-0.39, 0.29) is 24.0 Å². The number of hydrogen-bond acceptors (Lipinski definition) is 4. The van der Waals surface area contributed by atoms with E-state index >= 15 is 0 Å². The van der Waals surface area contributed by atoms with E-state index in [2.05, 4.69) is 9.71 Å². The van der Waals surface area contributed by atoms with Gasteiger partial charge in [-0.25, -0.2) is 12.8 Å². The fourth-order valence-corrected chi connectivity index (χ4v) is 3.04. The topological polar surface area (TPSA) is 78.8 Å².